The van der Waals surface area contributed by atoms with Crippen LogP contribution in [0, 0.1) is 10.1 Å². The van der Waals surface area contributed by atoms with Gasteiger partial charge >= 0.3 is 0 Å². The van der Waals surface area contributed by atoms with Crippen molar-refractivity contribution in [2.75, 3.05) is 11.1 Å². The number of amides is 1. The molecule has 0 fully saturated rings. The van der Waals surface area contributed by atoms with E-state index >= 15 is 0 Å². The highest BCUT2D eigenvalue weighted by Gasteiger charge is 2.15. The third kappa shape index (κ3) is 3.14. The van der Waals surface area contributed by atoms with Gasteiger partial charge in [0.15, 0.2) is 0 Å². The Kier molecular flexibility index (Phi) is 3.58. The standard InChI is InChI=1S/C9H6ClN5O3S/c10-5-1-4(2-6(3-5)15(17)18)7(16)12-9-14-13-8(11)19-9/h1-3H,(H2,11,13)(H,12,14,16). The first-order valence-corrected chi connectivity index (χ1v) is 6.00. The van der Waals surface area contributed by atoms with E-state index in [2.05, 4.69) is 15.5 Å². The highest BCUT2D eigenvalue weighted by atomic mass is 35.5. The van der Waals surface area contributed by atoms with Crippen LogP contribution < -0.4 is 11.1 Å². The Balaban J connectivity index is 2.26. The van der Waals surface area contributed by atoms with Crippen molar-refractivity contribution in [1.82, 2.24) is 10.2 Å². The van der Waals surface area contributed by atoms with Gasteiger partial charge in [0.1, 0.15) is 0 Å². The van der Waals surface area contributed by atoms with Gasteiger partial charge in [0.05, 0.1) is 4.92 Å². The van der Waals surface area contributed by atoms with Crippen LogP contribution in [-0.4, -0.2) is 21.0 Å². The van der Waals surface area contributed by atoms with E-state index in [0.717, 1.165) is 23.5 Å². The lowest BCUT2D eigenvalue weighted by molar-refractivity contribution is -0.384. The summed E-state index contributed by atoms with van der Waals surface area (Å²) >= 11 is 6.70. The molecule has 98 valence electrons. The van der Waals surface area contributed by atoms with Crippen LogP contribution >= 0.6 is 22.9 Å². The Bertz CT molecular complexity index is 659. The van der Waals surface area contributed by atoms with E-state index in [-0.39, 0.29) is 26.5 Å². The minimum atomic E-state index is -0.633. The summed E-state index contributed by atoms with van der Waals surface area (Å²) < 4.78 is 0. The zero-order valence-corrected chi connectivity index (χ0v) is 10.7. The lowest BCUT2D eigenvalue weighted by Gasteiger charge is -2.02. The number of aromatic nitrogens is 2. The van der Waals surface area contributed by atoms with Gasteiger partial charge in [-0.05, 0) is 6.07 Å². The molecule has 1 amide bonds. The van der Waals surface area contributed by atoms with Crippen molar-refractivity contribution in [2.24, 2.45) is 0 Å². The number of hydrogen-bond donors (Lipinski definition) is 2. The summed E-state index contributed by atoms with van der Waals surface area (Å²) in [6.07, 6.45) is 0. The van der Waals surface area contributed by atoms with Crippen LogP contribution in [-0.2, 0) is 0 Å². The van der Waals surface area contributed by atoms with Gasteiger partial charge in [0, 0.05) is 22.7 Å². The van der Waals surface area contributed by atoms with Crippen LogP contribution in [0.4, 0.5) is 16.0 Å². The highest BCUT2D eigenvalue weighted by Crippen LogP contribution is 2.22. The molecule has 0 saturated carbocycles. The maximum absolute atomic E-state index is 11.9. The number of benzene rings is 1. The second-order valence-electron chi connectivity index (χ2n) is 3.35. The second-order valence-corrected chi connectivity index (χ2v) is 4.80. The summed E-state index contributed by atoms with van der Waals surface area (Å²) in [7, 11) is 0. The molecule has 1 heterocycles. The largest absolute Gasteiger partial charge is 0.374 e. The number of non-ortho nitro benzene ring substituents is 1. The number of carbonyl (C=O) groups is 1. The van der Waals surface area contributed by atoms with E-state index in [4.69, 9.17) is 17.3 Å². The molecular weight excluding hydrogens is 294 g/mol. The fraction of sp³-hybridized carbons (Fsp3) is 0. The first-order chi connectivity index (χ1) is 8.95. The molecule has 0 aliphatic rings. The van der Waals surface area contributed by atoms with Gasteiger partial charge in [0.25, 0.3) is 11.6 Å². The van der Waals surface area contributed by atoms with E-state index in [1.807, 2.05) is 0 Å². The van der Waals surface area contributed by atoms with Crippen LogP contribution in [0.3, 0.4) is 0 Å². The summed E-state index contributed by atoms with van der Waals surface area (Å²) in [6, 6.07) is 3.58. The van der Waals surface area contributed by atoms with Gasteiger partial charge in [0.2, 0.25) is 10.3 Å². The van der Waals surface area contributed by atoms with Crippen molar-refractivity contribution < 1.29 is 9.72 Å². The number of nitro groups is 1. The van der Waals surface area contributed by atoms with Gasteiger partial charge < -0.3 is 5.73 Å². The van der Waals surface area contributed by atoms with Gasteiger partial charge in [-0.2, -0.15) is 0 Å². The van der Waals surface area contributed by atoms with Crippen LogP contribution in [0.25, 0.3) is 0 Å². The summed E-state index contributed by atoms with van der Waals surface area (Å²) in [5.41, 5.74) is 5.14. The number of nitrogens with two attached hydrogens (primary N) is 1. The van der Waals surface area contributed by atoms with Gasteiger partial charge in [-0.25, -0.2) is 0 Å². The molecule has 0 bridgehead atoms. The Morgan fingerprint density at radius 3 is 2.74 bits per heavy atom. The van der Waals surface area contributed by atoms with E-state index in [9.17, 15) is 14.9 Å². The van der Waals surface area contributed by atoms with E-state index < -0.39 is 10.8 Å². The fourth-order valence-electron chi connectivity index (χ4n) is 1.27. The van der Waals surface area contributed by atoms with Crippen molar-refractivity contribution >= 4 is 44.8 Å². The predicted octanol–water partition coefficient (Wildman–Crippen LogP) is 1.93. The Labute approximate surface area is 115 Å². The number of carbonyl (C=O) groups excluding carboxylic acids is 1. The fourth-order valence-corrected chi connectivity index (χ4v) is 2.00. The molecule has 2 aromatic rings. The Hall–Kier alpha value is -2.26. The zero-order valence-electron chi connectivity index (χ0n) is 9.16. The van der Waals surface area contributed by atoms with Gasteiger partial charge in [-0.1, -0.05) is 22.9 Å². The predicted molar refractivity (Wildman–Crippen MR) is 70.4 cm³/mol. The minimum absolute atomic E-state index is 0.0490. The normalized spacial score (nSPS) is 10.2. The number of hydrogen-bond acceptors (Lipinski definition) is 7. The summed E-state index contributed by atoms with van der Waals surface area (Å²) in [5.74, 6) is -0.582. The lowest BCUT2D eigenvalue weighted by Crippen LogP contribution is -2.12. The van der Waals surface area contributed by atoms with Crippen LogP contribution in [0.15, 0.2) is 18.2 Å². The number of halogens is 1. The summed E-state index contributed by atoms with van der Waals surface area (Å²) in [5, 5.41) is 20.7. The number of nitrogens with zero attached hydrogens (tertiary/aromatic N) is 3. The van der Waals surface area contributed by atoms with Crippen LogP contribution in [0.5, 0.6) is 0 Å². The number of nitrogen functional groups attached to an aromatic ring is 1. The number of nitrogens with one attached hydrogen (secondary N) is 1. The maximum atomic E-state index is 11.9. The zero-order chi connectivity index (χ0) is 14.0. The number of anilines is 2. The molecule has 8 nitrogen and oxygen atoms in total. The van der Waals surface area contributed by atoms with Crippen LogP contribution in [0.1, 0.15) is 10.4 Å². The molecule has 0 radical (unpaired) electrons. The smallest absolute Gasteiger partial charge is 0.271 e. The van der Waals surface area contributed by atoms with E-state index in [0.29, 0.717) is 0 Å². The average molecular weight is 300 g/mol. The monoisotopic (exact) mass is 299 g/mol. The maximum Gasteiger partial charge on any atom is 0.271 e. The summed E-state index contributed by atoms with van der Waals surface area (Å²) in [4.78, 5) is 21.9. The number of nitro benzene ring substituents is 1. The van der Waals surface area contributed by atoms with Crippen LogP contribution in [0.2, 0.25) is 5.02 Å². The second kappa shape index (κ2) is 5.16. The minimum Gasteiger partial charge on any atom is -0.374 e. The molecule has 2 rings (SSSR count). The van der Waals surface area contributed by atoms with Gasteiger partial charge in [-0.15, -0.1) is 10.2 Å². The first kappa shape index (κ1) is 13.2. The van der Waals surface area contributed by atoms with Gasteiger partial charge in [-0.3, -0.25) is 20.2 Å². The van der Waals surface area contributed by atoms with Crippen molar-refractivity contribution in [1.29, 1.82) is 0 Å². The van der Waals surface area contributed by atoms with E-state index in [1.54, 1.807) is 0 Å². The molecule has 0 saturated heterocycles. The van der Waals surface area contributed by atoms with Crippen molar-refractivity contribution in [3.8, 4) is 0 Å². The molecule has 0 unspecified atom stereocenters. The molecule has 0 spiro atoms. The highest BCUT2D eigenvalue weighted by molar-refractivity contribution is 7.19. The molecule has 10 heteroatoms. The van der Waals surface area contributed by atoms with Crippen molar-refractivity contribution in [3.63, 3.8) is 0 Å². The topological polar surface area (TPSA) is 124 Å². The Morgan fingerprint density at radius 1 is 1.42 bits per heavy atom. The molecular formula is C9H6ClN5O3S. The number of rotatable bonds is 3. The molecule has 1 aromatic carbocycles. The molecule has 0 aliphatic heterocycles. The summed E-state index contributed by atoms with van der Waals surface area (Å²) in [6.45, 7) is 0. The SMILES string of the molecule is Nc1nnc(NC(=O)c2cc(Cl)cc([N+](=O)[O-])c2)s1. The molecule has 19 heavy (non-hydrogen) atoms. The lowest BCUT2D eigenvalue weighted by atomic mass is 10.2. The molecule has 1 aromatic heterocycles. The first-order valence-electron chi connectivity index (χ1n) is 4.81. The quantitative estimate of drug-likeness (QED) is 0.659. The van der Waals surface area contributed by atoms with E-state index in [1.165, 1.54) is 6.07 Å². The third-order valence-electron chi connectivity index (χ3n) is 2.02. The van der Waals surface area contributed by atoms with Crippen molar-refractivity contribution in [2.45, 2.75) is 0 Å². The molecule has 3 N–H and O–H groups in total. The molecule has 0 aliphatic carbocycles. The van der Waals surface area contributed by atoms with Crippen molar-refractivity contribution in [3.05, 3.63) is 38.9 Å². The Morgan fingerprint density at radius 2 is 2.16 bits per heavy atom. The third-order valence-corrected chi connectivity index (χ3v) is 2.90. The average Bonchev–Trinajstić information content (AvgIpc) is 2.73. The molecule has 0 atom stereocenters.